The molecule has 1 amide bonds. The molecule has 0 saturated carbocycles. The maximum absolute atomic E-state index is 11.8. The van der Waals surface area contributed by atoms with Gasteiger partial charge in [0.1, 0.15) is 6.61 Å². The van der Waals surface area contributed by atoms with Crippen LogP contribution in [0.2, 0.25) is 0 Å². The van der Waals surface area contributed by atoms with E-state index in [9.17, 15) is 9.59 Å². The van der Waals surface area contributed by atoms with Gasteiger partial charge >= 0.3 is 12.1 Å². The highest BCUT2D eigenvalue weighted by Gasteiger charge is 2.15. The topological polar surface area (TPSA) is 64.6 Å². The molecule has 0 aromatic heterocycles. The van der Waals surface area contributed by atoms with Crippen molar-refractivity contribution < 1.29 is 19.1 Å². The zero-order chi connectivity index (χ0) is 17.6. The summed E-state index contributed by atoms with van der Waals surface area (Å²) in [7, 11) is 1.39. The van der Waals surface area contributed by atoms with Gasteiger partial charge in [-0.2, -0.15) is 0 Å². The summed E-state index contributed by atoms with van der Waals surface area (Å²) < 4.78 is 9.92. The van der Waals surface area contributed by atoms with Crippen LogP contribution in [0.3, 0.4) is 0 Å². The molecule has 5 nitrogen and oxygen atoms in total. The fourth-order valence-electron chi connectivity index (χ4n) is 2.46. The molecule has 0 saturated heterocycles. The second-order valence-corrected chi connectivity index (χ2v) is 5.94. The third-order valence-corrected chi connectivity index (χ3v) is 3.90. The largest absolute Gasteiger partial charge is 0.469 e. The smallest absolute Gasteiger partial charge is 0.407 e. The molecule has 0 aliphatic heterocycles. The van der Waals surface area contributed by atoms with Crippen molar-refractivity contribution in [2.24, 2.45) is 5.92 Å². The summed E-state index contributed by atoms with van der Waals surface area (Å²) in [6, 6.07) is 9.53. The zero-order valence-electron chi connectivity index (χ0n) is 14.8. The average molecular weight is 335 g/mol. The number of esters is 1. The molecule has 1 aromatic rings. The molecule has 5 heteroatoms. The highest BCUT2D eigenvalue weighted by molar-refractivity contribution is 5.70. The van der Waals surface area contributed by atoms with Crippen LogP contribution in [0.25, 0.3) is 0 Å². The van der Waals surface area contributed by atoms with Gasteiger partial charge in [-0.1, -0.05) is 62.9 Å². The third-order valence-electron chi connectivity index (χ3n) is 3.90. The minimum absolute atomic E-state index is 0.0820. The van der Waals surface area contributed by atoms with Gasteiger partial charge in [0.25, 0.3) is 0 Å². The molecule has 1 aromatic carbocycles. The lowest BCUT2D eigenvalue weighted by atomic mass is 9.97. The SMILES string of the molecule is CCCCCCC(CNC(=O)OCc1ccccc1)CC(=O)OC. The molecular formula is C19H29NO4. The molecule has 1 unspecified atom stereocenters. The highest BCUT2D eigenvalue weighted by Crippen LogP contribution is 2.15. The second kappa shape index (κ2) is 12.4. The van der Waals surface area contributed by atoms with Crippen molar-refractivity contribution in [1.29, 1.82) is 0 Å². The van der Waals surface area contributed by atoms with Crippen LogP contribution in [-0.2, 0) is 20.9 Å². The molecule has 0 fully saturated rings. The predicted octanol–water partition coefficient (Wildman–Crippen LogP) is 4.06. The molecule has 1 N–H and O–H groups in total. The number of carbonyl (C=O) groups is 2. The van der Waals surface area contributed by atoms with Crippen molar-refractivity contribution in [3.8, 4) is 0 Å². The van der Waals surface area contributed by atoms with Crippen LogP contribution in [-0.4, -0.2) is 25.7 Å². The van der Waals surface area contributed by atoms with Crippen molar-refractivity contribution in [2.75, 3.05) is 13.7 Å². The van der Waals surface area contributed by atoms with Gasteiger partial charge in [0.15, 0.2) is 0 Å². The van der Waals surface area contributed by atoms with E-state index in [4.69, 9.17) is 9.47 Å². The Bertz CT molecular complexity index is 476. The first-order valence-corrected chi connectivity index (χ1v) is 8.67. The summed E-state index contributed by atoms with van der Waals surface area (Å²) in [6.45, 7) is 2.83. The van der Waals surface area contributed by atoms with E-state index in [0.29, 0.717) is 13.0 Å². The van der Waals surface area contributed by atoms with Crippen LogP contribution in [0, 0.1) is 5.92 Å². The summed E-state index contributed by atoms with van der Waals surface area (Å²) in [5, 5.41) is 2.75. The molecule has 0 aliphatic carbocycles. The quantitative estimate of drug-likeness (QED) is 0.489. The van der Waals surface area contributed by atoms with E-state index in [-0.39, 0.29) is 18.5 Å². The van der Waals surface area contributed by atoms with Gasteiger partial charge in [-0.15, -0.1) is 0 Å². The van der Waals surface area contributed by atoms with Crippen LogP contribution >= 0.6 is 0 Å². The van der Waals surface area contributed by atoms with Crippen LogP contribution < -0.4 is 5.32 Å². The van der Waals surface area contributed by atoms with E-state index < -0.39 is 6.09 Å². The molecule has 0 heterocycles. The minimum atomic E-state index is -0.456. The normalized spacial score (nSPS) is 11.6. The van der Waals surface area contributed by atoms with Crippen LogP contribution in [0.4, 0.5) is 4.79 Å². The minimum Gasteiger partial charge on any atom is -0.469 e. The molecule has 134 valence electrons. The number of carbonyl (C=O) groups excluding carboxylic acids is 2. The van der Waals surface area contributed by atoms with Gasteiger partial charge in [0, 0.05) is 13.0 Å². The molecule has 0 aliphatic rings. The van der Waals surface area contributed by atoms with Gasteiger partial charge in [-0.3, -0.25) is 4.79 Å². The Labute approximate surface area is 144 Å². The summed E-state index contributed by atoms with van der Waals surface area (Å²) in [5.41, 5.74) is 0.943. The summed E-state index contributed by atoms with van der Waals surface area (Å²) >= 11 is 0. The second-order valence-electron chi connectivity index (χ2n) is 5.94. The maximum Gasteiger partial charge on any atom is 0.407 e. The first-order valence-electron chi connectivity index (χ1n) is 8.67. The molecule has 1 atom stereocenters. The third kappa shape index (κ3) is 9.18. The Morgan fingerprint density at radius 1 is 1.12 bits per heavy atom. The number of methoxy groups -OCH3 is 1. The molecule has 1 rings (SSSR count). The van der Waals surface area contributed by atoms with Crippen molar-refractivity contribution in [3.63, 3.8) is 0 Å². The fraction of sp³-hybridized carbons (Fsp3) is 0.579. The van der Waals surface area contributed by atoms with Crippen molar-refractivity contribution in [3.05, 3.63) is 35.9 Å². The maximum atomic E-state index is 11.8. The van der Waals surface area contributed by atoms with Crippen LogP contribution in [0.5, 0.6) is 0 Å². The number of rotatable bonds is 11. The standard InChI is InChI=1S/C19H29NO4/c1-3-4-5-7-12-17(13-18(21)23-2)14-20-19(22)24-15-16-10-8-6-9-11-16/h6,8-11,17H,3-5,7,12-15H2,1-2H3,(H,20,22). The lowest BCUT2D eigenvalue weighted by molar-refractivity contribution is -0.141. The molecule has 0 radical (unpaired) electrons. The van der Waals surface area contributed by atoms with Gasteiger partial charge < -0.3 is 14.8 Å². The first kappa shape index (κ1) is 20.0. The number of hydrogen-bond donors (Lipinski definition) is 1. The molecule has 0 spiro atoms. The Morgan fingerprint density at radius 3 is 2.54 bits per heavy atom. The summed E-state index contributed by atoms with van der Waals surface area (Å²) in [6.07, 6.45) is 5.32. The summed E-state index contributed by atoms with van der Waals surface area (Å²) in [4.78, 5) is 23.3. The van der Waals surface area contributed by atoms with Crippen molar-refractivity contribution in [1.82, 2.24) is 5.32 Å². The van der Waals surface area contributed by atoms with Gasteiger partial charge in [0.2, 0.25) is 0 Å². The van der Waals surface area contributed by atoms with E-state index in [1.54, 1.807) is 0 Å². The van der Waals surface area contributed by atoms with E-state index in [0.717, 1.165) is 24.8 Å². The predicted molar refractivity (Wildman–Crippen MR) is 93.5 cm³/mol. The number of benzene rings is 1. The van der Waals surface area contributed by atoms with E-state index in [2.05, 4.69) is 12.2 Å². The van der Waals surface area contributed by atoms with Crippen molar-refractivity contribution >= 4 is 12.1 Å². The van der Waals surface area contributed by atoms with Crippen LogP contribution in [0.15, 0.2) is 30.3 Å². The zero-order valence-corrected chi connectivity index (χ0v) is 14.8. The number of hydrogen-bond acceptors (Lipinski definition) is 4. The Kier molecular flexibility index (Phi) is 10.3. The first-order chi connectivity index (χ1) is 11.7. The molecular weight excluding hydrogens is 306 g/mol. The Morgan fingerprint density at radius 2 is 1.88 bits per heavy atom. The Hall–Kier alpha value is -2.04. The number of unbranched alkanes of at least 4 members (excludes halogenated alkanes) is 3. The van der Waals surface area contributed by atoms with Gasteiger partial charge in [-0.05, 0) is 17.9 Å². The Balaban J connectivity index is 2.32. The van der Waals surface area contributed by atoms with Crippen LogP contribution in [0.1, 0.15) is 51.0 Å². The number of ether oxygens (including phenoxy) is 2. The lowest BCUT2D eigenvalue weighted by Gasteiger charge is -2.16. The highest BCUT2D eigenvalue weighted by atomic mass is 16.5. The van der Waals surface area contributed by atoms with E-state index in [1.165, 1.54) is 20.0 Å². The van der Waals surface area contributed by atoms with E-state index >= 15 is 0 Å². The fourth-order valence-corrected chi connectivity index (χ4v) is 2.46. The summed E-state index contributed by atoms with van der Waals surface area (Å²) in [5.74, 6) is -0.159. The molecule has 24 heavy (non-hydrogen) atoms. The van der Waals surface area contributed by atoms with Gasteiger partial charge in [0.05, 0.1) is 7.11 Å². The molecule has 0 bridgehead atoms. The van der Waals surface area contributed by atoms with Gasteiger partial charge in [-0.25, -0.2) is 4.79 Å². The average Bonchev–Trinajstić information content (AvgIpc) is 2.61. The monoisotopic (exact) mass is 335 g/mol. The number of amides is 1. The van der Waals surface area contributed by atoms with E-state index in [1.807, 2.05) is 30.3 Å². The number of nitrogens with one attached hydrogen (secondary N) is 1. The lowest BCUT2D eigenvalue weighted by Crippen LogP contribution is -2.31. The van der Waals surface area contributed by atoms with Crippen molar-refractivity contribution in [2.45, 2.75) is 52.1 Å². The number of alkyl carbamates (subject to hydrolysis) is 1.